The number of hydrogen-bond acceptors (Lipinski definition) is 4. The van der Waals surface area contributed by atoms with E-state index in [1.54, 1.807) is 25.1 Å². The Hall–Kier alpha value is -4.13. The lowest BCUT2D eigenvalue weighted by atomic mass is 10.1. The van der Waals surface area contributed by atoms with Crippen LogP contribution < -0.4 is 9.64 Å². The van der Waals surface area contributed by atoms with Gasteiger partial charge in [-0.3, -0.25) is 14.2 Å². The maximum absolute atomic E-state index is 13.6. The first kappa shape index (κ1) is 20.8. The Morgan fingerprint density at radius 1 is 1.00 bits per heavy atom. The normalized spacial score (nSPS) is 15.1. The van der Waals surface area contributed by atoms with Gasteiger partial charge < -0.3 is 14.5 Å². The molecule has 7 nitrogen and oxygen atoms in total. The number of rotatable bonds is 3. The number of para-hydroxylation sites is 3. The Morgan fingerprint density at radius 2 is 1.73 bits per heavy atom. The summed E-state index contributed by atoms with van der Waals surface area (Å²) in [7, 11) is 3.36. The summed E-state index contributed by atoms with van der Waals surface area (Å²) in [5.41, 5.74) is 3.84. The maximum atomic E-state index is 13.6. The van der Waals surface area contributed by atoms with Crippen LogP contribution in [0.25, 0.3) is 16.7 Å². The number of amides is 2. The summed E-state index contributed by atoms with van der Waals surface area (Å²) in [5.74, 6) is 0.975. The van der Waals surface area contributed by atoms with E-state index in [0.29, 0.717) is 17.0 Å². The first-order valence-electron chi connectivity index (χ1n) is 10.8. The van der Waals surface area contributed by atoms with Gasteiger partial charge in [0.05, 0.1) is 23.3 Å². The quantitative estimate of drug-likeness (QED) is 0.486. The van der Waals surface area contributed by atoms with E-state index in [9.17, 15) is 9.59 Å². The highest BCUT2D eigenvalue weighted by atomic mass is 16.5. The van der Waals surface area contributed by atoms with Gasteiger partial charge in [-0.25, -0.2) is 4.98 Å². The molecule has 166 valence electrons. The number of likely N-dealkylation sites (N-methyl/N-ethyl adjacent to an activating group) is 1. The number of carbonyl (C=O) groups is 2. The minimum absolute atomic E-state index is 0.141. The molecule has 7 heteroatoms. The number of hydrogen-bond donors (Lipinski definition) is 0. The van der Waals surface area contributed by atoms with Crippen LogP contribution in [-0.2, 0) is 4.79 Å². The van der Waals surface area contributed by atoms with Crippen molar-refractivity contribution in [2.24, 2.45) is 0 Å². The highest BCUT2D eigenvalue weighted by Gasteiger charge is 2.35. The summed E-state index contributed by atoms with van der Waals surface area (Å²) in [6, 6.07) is 22.8. The average Bonchev–Trinajstić information content (AvgIpc) is 3.17. The second kappa shape index (κ2) is 8.09. The fourth-order valence-corrected chi connectivity index (χ4v) is 4.24. The predicted octanol–water partition coefficient (Wildman–Crippen LogP) is 3.83. The summed E-state index contributed by atoms with van der Waals surface area (Å²) < 4.78 is 7.98. The van der Waals surface area contributed by atoms with Crippen LogP contribution in [0.1, 0.15) is 16.2 Å². The number of imidazole rings is 1. The third kappa shape index (κ3) is 3.61. The van der Waals surface area contributed by atoms with Crippen molar-refractivity contribution in [2.45, 2.75) is 13.0 Å². The van der Waals surface area contributed by atoms with Gasteiger partial charge in [0.15, 0.2) is 6.10 Å². The van der Waals surface area contributed by atoms with Crippen molar-refractivity contribution < 1.29 is 14.3 Å². The van der Waals surface area contributed by atoms with Crippen LogP contribution in [0.5, 0.6) is 5.75 Å². The fourth-order valence-electron chi connectivity index (χ4n) is 4.24. The van der Waals surface area contributed by atoms with Crippen LogP contribution in [0.4, 0.5) is 5.69 Å². The Balaban J connectivity index is 1.53. The molecule has 1 aliphatic rings. The Morgan fingerprint density at radius 3 is 2.48 bits per heavy atom. The van der Waals surface area contributed by atoms with Gasteiger partial charge in [-0.1, -0.05) is 30.3 Å². The molecule has 1 aliphatic heterocycles. The zero-order valence-electron chi connectivity index (χ0n) is 18.7. The molecule has 0 fully saturated rings. The highest BCUT2D eigenvalue weighted by molar-refractivity contribution is 6.09. The molecule has 33 heavy (non-hydrogen) atoms. The highest BCUT2D eigenvalue weighted by Crippen LogP contribution is 2.35. The van der Waals surface area contributed by atoms with Crippen molar-refractivity contribution in [1.82, 2.24) is 14.5 Å². The number of carbonyl (C=O) groups excluding carboxylic acids is 2. The Labute approximate surface area is 191 Å². The number of nitrogens with zero attached hydrogens (tertiary/aromatic N) is 4. The van der Waals surface area contributed by atoms with Crippen LogP contribution >= 0.6 is 0 Å². The monoisotopic (exact) mass is 440 g/mol. The molecular weight excluding hydrogens is 416 g/mol. The molecule has 1 aromatic heterocycles. The third-order valence-electron chi connectivity index (χ3n) is 5.82. The maximum Gasteiger partial charge on any atom is 0.265 e. The smallest absolute Gasteiger partial charge is 0.265 e. The molecule has 0 saturated carbocycles. The molecule has 0 unspecified atom stereocenters. The predicted molar refractivity (Wildman–Crippen MR) is 127 cm³/mol. The molecule has 0 N–H and O–H groups in total. The first-order valence-corrected chi connectivity index (χ1v) is 10.8. The zero-order chi connectivity index (χ0) is 23.1. The van der Waals surface area contributed by atoms with Gasteiger partial charge in [0.2, 0.25) is 0 Å². The third-order valence-corrected chi connectivity index (χ3v) is 5.82. The first-order chi connectivity index (χ1) is 15.9. The lowest BCUT2D eigenvalue weighted by molar-refractivity contribution is -0.135. The van der Waals surface area contributed by atoms with E-state index in [-0.39, 0.29) is 18.4 Å². The average molecular weight is 441 g/mol. The van der Waals surface area contributed by atoms with E-state index in [2.05, 4.69) is 4.57 Å². The zero-order valence-corrected chi connectivity index (χ0v) is 18.7. The van der Waals surface area contributed by atoms with Crippen LogP contribution in [0.15, 0.2) is 72.8 Å². The molecule has 0 bridgehead atoms. The molecule has 5 rings (SSSR count). The van der Waals surface area contributed by atoms with E-state index < -0.39 is 6.10 Å². The minimum atomic E-state index is -0.762. The van der Waals surface area contributed by atoms with Crippen LogP contribution in [0.2, 0.25) is 0 Å². The lowest BCUT2D eigenvalue weighted by Crippen LogP contribution is -2.50. The number of aromatic nitrogens is 2. The van der Waals surface area contributed by atoms with Crippen LogP contribution in [0, 0.1) is 6.92 Å². The van der Waals surface area contributed by atoms with Gasteiger partial charge in [-0.05, 0) is 49.4 Å². The standard InChI is InChI=1S/C26H24N4O3/c1-17-27-20-15-18(13-14-21(20)30(17)19-9-5-4-6-10-19)25(31)29-16-24(26(32)28(2)3)33-23-12-8-7-11-22(23)29/h4-15,24H,16H2,1-3H3/t24-/m1/s1. The van der Waals surface area contributed by atoms with E-state index in [1.165, 1.54) is 4.90 Å². The van der Waals surface area contributed by atoms with E-state index in [1.807, 2.05) is 73.7 Å². The molecule has 0 spiro atoms. The second-order valence-electron chi connectivity index (χ2n) is 8.26. The topological polar surface area (TPSA) is 67.7 Å². The summed E-state index contributed by atoms with van der Waals surface area (Å²) in [5, 5.41) is 0. The molecule has 0 saturated heterocycles. The van der Waals surface area contributed by atoms with Crippen molar-refractivity contribution in [3.8, 4) is 11.4 Å². The van der Waals surface area contributed by atoms with Gasteiger partial charge in [-0.15, -0.1) is 0 Å². The van der Waals surface area contributed by atoms with Crippen molar-refractivity contribution >= 4 is 28.5 Å². The largest absolute Gasteiger partial charge is 0.476 e. The summed E-state index contributed by atoms with van der Waals surface area (Å²) in [6.07, 6.45) is -0.762. The van der Waals surface area contributed by atoms with Crippen molar-refractivity contribution in [3.63, 3.8) is 0 Å². The summed E-state index contributed by atoms with van der Waals surface area (Å²) >= 11 is 0. The summed E-state index contributed by atoms with van der Waals surface area (Å²) in [4.78, 5) is 34.0. The van der Waals surface area contributed by atoms with Crippen molar-refractivity contribution in [2.75, 3.05) is 25.5 Å². The number of benzene rings is 3. The molecule has 3 aromatic carbocycles. The Kier molecular flexibility index (Phi) is 5.09. The lowest BCUT2D eigenvalue weighted by Gasteiger charge is -2.35. The van der Waals surface area contributed by atoms with Gasteiger partial charge in [0.25, 0.3) is 11.8 Å². The van der Waals surface area contributed by atoms with E-state index >= 15 is 0 Å². The molecule has 0 radical (unpaired) electrons. The number of anilines is 1. The number of fused-ring (bicyclic) bond motifs is 2. The van der Waals surface area contributed by atoms with Crippen molar-refractivity contribution in [1.29, 1.82) is 0 Å². The Bertz CT molecular complexity index is 1360. The number of ether oxygens (including phenoxy) is 1. The molecule has 2 heterocycles. The summed E-state index contributed by atoms with van der Waals surface area (Å²) in [6.45, 7) is 2.09. The van der Waals surface area contributed by atoms with Gasteiger partial charge in [-0.2, -0.15) is 0 Å². The molecular formula is C26H24N4O3. The van der Waals surface area contributed by atoms with Crippen LogP contribution in [0.3, 0.4) is 0 Å². The minimum Gasteiger partial charge on any atom is -0.476 e. The van der Waals surface area contributed by atoms with Gasteiger partial charge in [0, 0.05) is 25.3 Å². The molecule has 2 amide bonds. The van der Waals surface area contributed by atoms with E-state index in [4.69, 9.17) is 9.72 Å². The second-order valence-corrected chi connectivity index (χ2v) is 8.26. The molecule has 1 atom stereocenters. The van der Waals surface area contributed by atoms with E-state index in [0.717, 1.165) is 22.5 Å². The molecule has 4 aromatic rings. The SMILES string of the molecule is Cc1nc2cc(C(=O)N3C[C@H](C(=O)N(C)C)Oc4ccccc43)ccc2n1-c1ccccc1. The molecule has 0 aliphatic carbocycles. The van der Waals surface area contributed by atoms with Crippen LogP contribution in [-0.4, -0.2) is 53.0 Å². The van der Waals surface area contributed by atoms with Gasteiger partial charge in [0.1, 0.15) is 11.6 Å². The van der Waals surface area contributed by atoms with Crippen molar-refractivity contribution in [3.05, 3.63) is 84.2 Å². The number of aryl methyl sites for hydroxylation is 1. The van der Waals surface area contributed by atoms with Gasteiger partial charge >= 0.3 is 0 Å². The fraction of sp³-hybridized carbons (Fsp3) is 0.192.